The molecule has 0 aromatic heterocycles. The van der Waals surface area contributed by atoms with Crippen molar-refractivity contribution in [3.63, 3.8) is 0 Å². The molecule has 0 aromatic carbocycles. The van der Waals surface area contributed by atoms with Gasteiger partial charge in [-0.05, 0) is 118 Å². The fourth-order valence-electron chi connectivity index (χ4n) is 10.0. The van der Waals surface area contributed by atoms with E-state index in [2.05, 4.69) is 53.6 Å². The lowest BCUT2D eigenvalue weighted by molar-refractivity contribution is -0.131. The second-order valence-corrected chi connectivity index (χ2v) is 13.5. The van der Waals surface area contributed by atoms with Crippen molar-refractivity contribution in [2.75, 3.05) is 14.1 Å². The van der Waals surface area contributed by atoms with Gasteiger partial charge in [0.1, 0.15) is 0 Å². The number of rotatable bonds is 6. The molecule has 1 nitrogen and oxygen atoms in total. The summed E-state index contributed by atoms with van der Waals surface area (Å²) in [5.74, 6) is 6.87. The first kappa shape index (κ1) is 23.1. The summed E-state index contributed by atoms with van der Waals surface area (Å²) in [5.41, 5.74) is 1.27. The highest BCUT2D eigenvalue weighted by molar-refractivity contribution is 5.10. The van der Waals surface area contributed by atoms with Gasteiger partial charge in [-0.25, -0.2) is 0 Å². The average Bonchev–Trinajstić information content (AvgIpc) is 3.03. The van der Waals surface area contributed by atoms with Gasteiger partial charge in [-0.15, -0.1) is 0 Å². The predicted octanol–water partition coefficient (Wildman–Crippen LogP) is 8.04. The Hall–Kier alpha value is -0.0400. The van der Waals surface area contributed by atoms with Crippen molar-refractivity contribution >= 4 is 0 Å². The van der Waals surface area contributed by atoms with Crippen LogP contribution >= 0.6 is 0 Å². The summed E-state index contributed by atoms with van der Waals surface area (Å²) in [7, 11) is 4.70. The molecular weight excluding hydrogens is 362 g/mol. The Morgan fingerprint density at radius 1 is 0.767 bits per heavy atom. The molecule has 0 amide bonds. The van der Waals surface area contributed by atoms with Crippen LogP contribution in [-0.2, 0) is 0 Å². The average molecular weight is 416 g/mol. The first-order valence-corrected chi connectivity index (χ1v) is 13.8. The van der Waals surface area contributed by atoms with Crippen LogP contribution < -0.4 is 0 Å². The van der Waals surface area contributed by atoms with E-state index in [1.165, 1.54) is 57.8 Å². The molecule has 4 saturated carbocycles. The Labute approximate surface area is 189 Å². The van der Waals surface area contributed by atoms with E-state index >= 15 is 0 Å². The summed E-state index contributed by atoms with van der Waals surface area (Å²) in [6.07, 6.45) is 18.0. The number of hydrogen-bond acceptors (Lipinski definition) is 1. The van der Waals surface area contributed by atoms with Crippen LogP contribution in [0.25, 0.3) is 0 Å². The normalized spacial score (nSPS) is 47.1. The van der Waals surface area contributed by atoms with Gasteiger partial charge in [-0.2, -0.15) is 0 Å². The topological polar surface area (TPSA) is 3.24 Å². The molecule has 0 radical (unpaired) electrons. The minimum Gasteiger partial charge on any atom is -0.306 e. The molecule has 0 aliphatic heterocycles. The zero-order chi connectivity index (χ0) is 21.7. The van der Waals surface area contributed by atoms with Crippen molar-refractivity contribution in [1.29, 1.82) is 0 Å². The van der Waals surface area contributed by atoms with Gasteiger partial charge in [-0.3, -0.25) is 0 Å². The molecule has 0 saturated heterocycles. The maximum absolute atomic E-state index is 2.75. The first-order valence-electron chi connectivity index (χ1n) is 13.8. The van der Waals surface area contributed by atoms with E-state index in [-0.39, 0.29) is 0 Å². The van der Waals surface area contributed by atoms with Crippen LogP contribution in [0.5, 0.6) is 0 Å². The smallest absolute Gasteiger partial charge is 0.0123 e. The molecule has 0 bridgehead atoms. The standard InChI is InChI=1S/C29H53N/c1-20(2)10-8-11-21(3)23-15-16-24-22-13-14-26-27(30(6)7)12-9-18-28(26,4)25(22)17-19-29(23,24)5/h20-27H,8-19H2,1-7H3/t21-,22+,23-,24+,25+,26?,27?,28-,29-/m1/s1. The van der Waals surface area contributed by atoms with E-state index in [1.54, 1.807) is 19.3 Å². The quantitative estimate of drug-likeness (QED) is 0.424. The second-order valence-electron chi connectivity index (χ2n) is 13.5. The van der Waals surface area contributed by atoms with Crippen LogP contribution in [0.4, 0.5) is 0 Å². The van der Waals surface area contributed by atoms with Crippen LogP contribution in [0.3, 0.4) is 0 Å². The van der Waals surface area contributed by atoms with Gasteiger partial charge in [0.2, 0.25) is 0 Å². The van der Waals surface area contributed by atoms with Gasteiger partial charge >= 0.3 is 0 Å². The van der Waals surface area contributed by atoms with Crippen LogP contribution in [0.2, 0.25) is 0 Å². The van der Waals surface area contributed by atoms with Crippen molar-refractivity contribution in [2.24, 2.45) is 52.3 Å². The third kappa shape index (κ3) is 3.82. The fraction of sp³-hybridized carbons (Fsp3) is 1.00. The highest BCUT2D eigenvalue weighted by Crippen LogP contribution is 2.68. The van der Waals surface area contributed by atoms with Gasteiger partial charge in [-0.1, -0.05) is 60.3 Å². The second kappa shape index (κ2) is 8.72. The van der Waals surface area contributed by atoms with Crippen LogP contribution in [0, 0.1) is 52.3 Å². The zero-order valence-electron chi connectivity index (χ0n) is 21.6. The monoisotopic (exact) mass is 415 g/mol. The van der Waals surface area contributed by atoms with Gasteiger partial charge < -0.3 is 4.90 Å². The molecular formula is C29H53N. The zero-order valence-corrected chi connectivity index (χ0v) is 21.6. The maximum atomic E-state index is 2.75. The lowest BCUT2D eigenvalue weighted by atomic mass is 9.44. The van der Waals surface area contributed by atoms with E-state index in [0.717, 1.165) is 47.5 Å². The summed E-state index contributed by atoms with van der Waals surface area (Å²) in [6.45, 7) is 12.9. The van der Waals surface area contributed by atoms with Crippen molar-refractivity contribution in [3.8, 4) is 0 Å². The van der Waals surface area contributed by atoms with E-state index in [4.69, 9.17) is 0 Å². The summed E-state index contributed by atoms with van der Waals surface area (Å²) in [6, 6.07) is 0.843. The van der Waals surface area contributed by atoms with Crippen LogP contribution in [-0.4, -0.2) is 25.0 Å². The fourth-order valence-corrected chi connectivity index (χ4v) is 10.0. The molecule has 4 fully saturated rings. The molecule has 0 N–H and O–H groups in total. The Bertz CT molecular complexity index is 581. The van der Waals surface area contributed by atoms with E-state index in [9.17, 15) is 0 Å². The summed E-state index contributed by atoms with van der Waals surface area (Å²) >= 11 is 0. The van der Waals surface area contributed by atoms with Crippen LogP contribution in [0.1, 0.15) is 112 Å². The highest BCUT2D eigenvalue weighted by Gasteiger charge is 2.61. The maximum Gasteiger partial charge on any atom is 0.0123 e. The van der Waals surface area contributed by atoms with Gasteiger partial charge in [0.25, 0.3) is 0 Å². The third-order valence-electron chi connectivity index (χ3n) is 11.5. The molecule has 30 heavy (non-hydrogen) atoms. The number of nitrogens with zero attached hydrogens (tertiary/aromatic N) is 1. The molecule has 4 aliphatic carbocycles. The van der Waals surface area contributed by atoms with E-state index in [0.29, 0.717) is 10.8 Å². The molecule has 4 aliphatic rings. The molecule has 0 heterocycles. The molecule has 1 heteroatoms. The Morgan fingerprint density at radius 2 is 1.47 bits per heavy atom. The van der Waals surface area contributed by atoms with Crippen molar-refractivity contribution in [2.45, 2.75) is 118 Å². The van der Waals surface area contributed by atoms with E-state index in [1.807, 2.05) is 0 Å². The first-order chi connectivity index (χ1) is 14.2. The lowest BCUT2D eigenvalue weighted by Gasteiger charge is -2.62. The molecule has 0 aromatic rings. The SMILES string of the molecule is CC(C)CCC[C@@H](C)[C@H]1CC[C@H]2[C@@H]3CCC4C(N(C)C)CCC[C@]4(C)[C@H]3CC[C@]12C. The summed E-state index contributed by atoms with van der Waals surface area (Å²) in [4.78, 5) is 2.58. The Balaban J connectivity index is 1.48. The number of fused-ring (bicyclic) bond motifs is 5. The van der Waals surface area contributed by atoms with Crippen molar-refractivity contribution in [3.05, 3.63) is 0 Å². The molecule has 2 unspecified atom stereocenters. The molecule has 174 valence electrons. The largest absolute Gasteiger partial charge is 0.306 e. The molecule has 9 atom stereocenters. The number of hydrogen-bond donors (Lipinski definition) is 0. The van der Waals surface area contributed by atoms with Crippen molar-refractivity contribution in [1.82, 2.24) is 4.90 Å². The minimum absolute atomic E-state index is 0.623. The summed E-state index contributed by atoms with van der Waals surface area (Å²) < 4.78 is 0. The Kier molecular flexibility index (Phi) is 6.72. The van der Waals surface area contributed by atoms with Gasteiger partial charge in [0, 0.05) is 6.04 Å². The van der Waals surface area contributed by atoms with Gasteiger partial charge in [0.15, 0.2) is 0 Å². The Morgan fingerprint density at radius 3 is 2.17 bits per heavy atom. The van der Waals surface area contributed by atoms with Crippen LogP contribution in [0.15, 0.2) is 0 Å². The van der Waals surface area contributed by atoms with E-state index < -0.39 is 0 Å². The summed E-state index contributed by atoms with van der Waals surface area (Å²) in [5, 5.41) is 0. The lowest BCUT2D eigenvalue weighted by Crippen LogP contribution is -2.57. The van der Waals surface area contributed by atoms with Gasteiger partial charge in [0.05, 0.1) is 0 Å². The third-order valence-corrected chi connectivity index (χ3v) is 11.5. The minimum atomic E-state index is 0.623. The highest BCUT2D eigenvalue weighted by atomic mass is 15.1. The predicted molar refractivity (Wildman–Crippen MR) is 131 cm³/mol. The van der Waals surface area contributed by atoms with Crippen molar-refractivity contribution < 1.29 is 0 Å². The molecule has 4 rings (SSSR count). The molecule has 0 spiro atoms.